The molecule has 1 aromatic carbocycles. The average molecular weight is 353 g/mol. The van der Waals surface area contributed by atoms with Crippen LogP contribution in [0.15, 0.2) is 47.9 Å². The van der Waals surface area contributed by atoms with Gasteiger partial charge in [-0.25, -0.2) is 0 Å². The molecule has 0 unspecified atom stereocenters. The third-order valence-electron chi connectivity index (χ3n) is 4.42. The van der Waals surface area contributed by atoms with Crippen molar-refractivity contribution in [2.24, 2.45) is 0 Å². The molecule has 0 bridgehead atoms. The van der Waals surface area contributed by atoms with Gasteiger partial charge < -0.3 is 9.53 Å². The maximum absolute atomic E-state index is 10.4. The lowest BCUT2D eigenvalue weighted by Crippen LogP contribution is -2.44. The number of thioether (sulfide) groups is 1. The van der Waals surface area contributed by atoms with Gasteiger partial charge in [-0.1, -0.05) is 45.0 Å². The summed E-state index contributed by atoms with van der Waals surface area (Å²) in [7, 11) is -1.82. The van der Waals surface area contributed by atoms with E-state index in [4.69, 9.17) is 4.43 Å². The van der Waals surface area contributed by atoms with Crippen molar-refractivity contribution in [3.63, 3.8) is 0 Å². The van der Waals surface area contributed by atoms with Gasteiger partial charge in [-0.3, -0.25) is 0 Å². The molecular formula is C19H32O2SSi. The molecule has 23 heavy (non-hydrogen) atoms. The van der Waals surface area contributed by atoms with E-state index < -0.39 is 8.32 Å². The molecule has 1 N–H and O–H groups in total. The predicted molar refractivity (Wildman–Crippen MR) is 105 cm³/mol. The van der Waals surface area contributed by atoms with Gasteiger partial charge in [0, 0.05) is 10.6 Å². The van der Waals surface area contributed by atoms with Crippen LogP contribution in [0.4, 0.5) is 0 Å². The molecular weight excluding hydrogens is 320 g/mol. The highest BCUT2D eigenvalue weighted by atomic mass is 32.2. The quantitative estimate of drug-likeness (QED) is 0.362. The van der Waals surface area contributed by atoms with E-state index in [1.54, 1.807) is 11.8 Å². The molecule has 0 aliphatic heterocycles. The summed E-state index contributed by atoms with van der Waals surface area (Å²) < 4.78 is 6.46. The summed E-state index contributed by atoms with van der Waals surface area (Å²) in [5.74, 6) is 0.693. The highest BCUT2D eigenvalue weighted by Gasteiger charge is 2.39. The molecule has 0 aromatic heterocycles. The number of hydrogen-bond donors (Lipinski definition) is 1. The van der Waals surface area contributed by atoms with Crippen molar-refractivity contribution in [3.05, 3.63) is 43.0 Å². The Kier molecular flexibility index (Phi) is 8.08. The van der Waals surface area contributed by atoms with Crippen molar-refractivity contribution < 1.29 is 9.53 Å². The SMILES string of the molecule is C=CC[C@H](C[C@@H](O)CSc1ccccc1)O[Si](C)(C)C(C)(C)C. The summed E-state index contributed by atoms with van der Waals surface area (Å²) in [6, 6.07) is 10.2. The molecule has 0 amide bonds. The molecule has 0 aliphatic rings. The van der Waals surface area contributed by atoms with Crippen LogP contribution in [0.3, 0.4) is 0 Å². The fourth-order valence-electron chi connectivity index (χ4n) is 2.05. The van der Waals surface area contributed by atoms with Crippen molar-refractivity contribution in [1.82, 2.24) is 0 Å². The monoisotopic (exact) mass is 352 g/mol. The van der Waals surface area contributed by atoms with Gasteiger partial charge in [0.25, 0.3) is 0 Å². The van der Waals surface area contributed by atoms with E-state index in [-0.39, 0.29) is 17.2 Å². The first-order valence-electron chi connectivity index (χ1n) is 8.30. The first kappa shape index (κ1) is 20.5. The number of aliphatic hydroxyl groups is 1. The molecule has 0 radical (unpaired) electrons. The normalized spacial score (nSPS) is 15.2. The van der Waals surface area contributed by atoms with E-state index in [1.807, 2.05) is 24.3 Å². The highest BCUT2D eigenvalue weighted by molar-refractivity contribution is 7.99. The largest absolute Gasteiger partial charge is 0.414 e. The first-order valence-corrected chi connectivity index (χ1v) is 12.2. The Hall–Kier alpha value is -0.553. The van der Waals surface area contributed by atoms with Gasteiger partial charge in [0.2, 0.25) is 0 Å². The van der Waals surface area contributed by atoms with E-state index in [1.165, 1.54) is 4.90 Å². The summed E-state index contributed by atoms with van der Waals surface area (Å²) >= 11 is 1.69. The Labute approximate surface area is 147 Å². The third kappa shape index (κ3) is 7.25. The van der Waals surface area contributed by atoms with Crippen molar-refractivity contribution in [2.45, 2.75) is 68.8 Å². The summed E-state index contributed by atoms with van der Waals surface area (Å²) in [6.45, 7) is 15.1. The van der Waals surface area contributed by atoms with Crippen LogP contribution in [0, 0.1) is 0 Å². The zero-order valence-electron chi connectivity index (χ0n) is 15.2. The maximum atomic E-state index is 10.4. The highest BCUT2D eigenvalue weighted by Crippen LogP contribution is 2.38. The molecule has 4 heteroatoms. The van der Waals surface area contributed by atoms with Gasteiger partial charge in [-0.15, -0.1) is 18.3 Å². The first-order chi connectivity index (χ1) is 10.7. The van der Waals surface area contributed by atoms with E-state index >= 15 is 0 Å². The van der Waals surface area contributed by atoms with Crippen LogP contribution in [0.25, 0.3) is 0 Å². The Morgan fingerprint density at radius 2 is 1.87 bits per heavy atom. The van der Waals surface area contributed by atoms with Crippen LogP contribution in [0.2, 0.25) is 18.1 Å². The molecule has 1 rings (SSSR count). The molecule has 0 fully saturated rings. The Bertz CT molecular complexity index is 468. The predicted octanol–water partition coefficient (Wildman–Crippen LogP) is 5.50. The minimum Gasteiger partial charge on any atom is -0.414 e. The molecule has 0 saturated carbocycles. The lowest BCUT2D eigenvalue weighted by Gasteiger charge is -2.39. The second kappa shape index (κ2) is 9.07. The second-order valence-corrected chi connectivity index (χ2v) is 13.4. The minimum atomic E-state index is -1.82. The number of benzene rings is 1. The van der Waals surface area contributed by atoms with Crippen LogP contribution in [-0.4, -0.2) is 31.4 Å². The standard InChI is InChI=1S/C19H32O2SSi/c1-7-11-17(21-23(5,6)19(2,3)4)14-16(20)15-22-18-12-9-8-10-13-18/h7-10,12-13,16-17,20H,1,11,14-15H2,2-6H3/t16-,17-/m1/s1. The molecule has 130 valence electrons. The summed E-state index contributed by atoms with van der Waals surface area (Å²) in [6.07, 6.45) is 3.04. The van der Waals surface area contributed by atoms with Crippen LogP contribution in [0.1, 0.15) is 33.6 Å². The second-order valence-electron chi connectivity index (χ2n) is 7.54. The van der Waals surface area contributed by atoms with Gasteiger partial charge in [-0.2, -0.15) is 0 Å². The lowest BCUT2D eigenvalue weighted by atomic mass is 10.1. The molecule has 2 atom stereocenters. The van der Waals surface area contributed by atoms with Crippen LogP contribution < -0.4 is 0 Å². The molecule has 1 aromatic rings. The molecule has 0 spiro atoms. The third-order valence-corrected chi connectivity index (χ3v) is 10.1. The van der Waals surface area contributed by atoms with Crippen LogP contribution in [-0.2, 0) is 4.43 Å². The van der Waals surface area contributed by atoms with Gasteiger partial charge in [-0.05, 0) is 43.1 Å². The zero-order valence-corrected chi connectivity index (χ0v) is 17.0. The lowest BCUT2D eigenvalue weighted by molar-refractivity contribution is 0.101. The molecule has 0 saturated heterocycles. The fourth-order valence-corrected chi connectivity index (χ4v) is 4.30. The fraction of sp³-hybridized carbons (Fsp3) is 0.579. The maximum Gasteiger partial charge on any atom is 0.192 e. The van der Waals surface area contributed by atoms with Crippen LogP contribution in [0.5, 0.6) is 0 Å². The molecule has 2 nitrogen and oxygen atoms in total. The van der Waals surface area contributed by atoms with Gasteiger partial charge in [0.05, 0.1) is 12.2 Å². The molecule has 0 aliphatic carbocycles. The van der Waals surface area contributed by atoms with Crippen molar-refractivity contribution in [3.8, 4) is 0 Å². The Morgan fingerprint density at radius 3 is 2.39 bits per heavy atom. The molecule has 0 heterocycles. The number of hydrogen-bond acceptors (Lipinski definition) is 3. The number of rotatable bonds is 9. The van der Waals surface area contributed by atoms with Gasteiger partial charge >= 0.3 is 0 Å². The summed E-state index contributed by atoms with van der Waals surface area (Å²) in [5, 5.41) is 10.6. The van der Waals surface area contributed by atoms with E-state index in [0.717, 1.165) is 6.42 Å². The van der Waals surface area contributed by atoms with Crippen molar-refractivity contribution in [2.75, 3.05) is 5.75 Å². The van der Waals surface area contributed by atoms with E-state index in [2.05, 4.69) is 52.6 Å². The Morgan fingerprint density at radius 1 is 1.26 bits per heavy atom. The summed E-state index contributed by atoms with van der Waals surface area (Å²) in [5.41, 5.74) is 0. The summed E-state index contributed by atoms with van der Waals surface area (Å²) in [4.78, 5) is 1.19. The van der Waals surface area contributed by atoms with Crippen LogP contribution >= 0.6 is 11.8 Å². The number of aliphatic hydroxyl groups excluding tert-OH is 1. The van der Waals surface area contributed by atoms with Crippen molar-refractivity contribution in [1.29, 1.82) is 0 Å². The topological polar surface area (TPSA) is 29.5 Å². The van der Waals surface area contributed by atoms with Gasteiger partial charge in [0.1, 0.15) is 0 Å². The van der Waals surface area contributed by atoms with E-state index in [9.17, 15) is 5.11 Å². The average Bonchev–Trinajstić information content (AvgIpc) is 2.45. The van der Waals surface area contributed by atoms with Gasteiger partial charge in [0.15, 0.2) is 8.32 Å². The zero-order chi connectivity index (χ0) is 17.5. The smallest absolute Gasteiger partial charge is 0.192 e. The van der Waals surface area contributed by atoms with E-state index in [0.29, 0.717) is 12.2 Å². The Balaban J connectivity index is 2.56. The minimum absolute atomic E-state index is 0.0553. The van der Waals surface area contributed by atoms with Crippen molar-refractivity contribution >= 4 is 20.1 Å².